The van der Waals surface area contributed by atoms with Gasteiger partial charge in [-0.3, -0.25) is 0 Å². The topological polar surface area (TPSA) is 56.7 Å². The van der Waals surface area contributed by atoms with Gasteiger partial charge in [-0.25, -0.2) is 4.98 Å². The van der Waals surface area contributed by atoms with Gasteiger partial charge in [0.25, 0.3) is 0 Å². The van der Waals surface area contributed by atoms with Gasteiger partial charge in [-0.05, 0) is 12.1 Å². The Morgan fingerprint density at radius 3 is 2.84 bits per heavy atom. The monoisotopic (exact) mass is 274 g/mol. The Hall–Kier alpha value is -1.82. The number of benzene rings is 1. The molecule has 98 valence electrons. The van der Waals surface area contributed by atoms with Gasteiger partial charge in [-0.1, -0.05) is 36.0 Å². The summed E-state index contributed by atoms with van der Waals surface area (Å²) >= 11 is 1.62. The lowest BCUT2D eigenvalue weighted by Gasteiger charge is -1.99. The minimum Gasteiger partial charge on any atom is -0.339 e. The van der Waals surface area contributed by atoms with Crippen molar-refractivity contribution in [3.8, 4) is 0 Å². The lowest BCUT2D eigenvalue weighted by atomic mass is 10.3. The molecule has 0 spiro atoms. The highest BCUT2D eigenvalue weighted by Crippen LogP contribution is 2.24. The fourth-order valence-electron chi connectivity index (χ4n) is 1.87. The number of aryl methyl sites for hydroxylation is 2. The van der Waals surface area contributed by atoms with Crippen LogP contribution >= 0.6 is 11.8 Å². The zero-order valence-corrected chi connectivity index (χ0v) is 11.6. The fourth-order valence-corrected chi connectivity index (χ4v) is 2.70. The third-order valence-electron chi connectivity index (χ3n) is 2.89. The molecule has 0 aliphatic rings. The van der Waals surface area contributed by atoms with Crippen LogP contribution in [0, 0.1) is 0 Å². The highest BCUT2D eigenvalue weighted by Gasteiger charge is 2.10. The average molecular weight is 274 g/mol. The number of thioether (sulfide) groups is 1. The molecule has 0 radical (unpaired) electrons. The standard InChI is InChI=1S/C13H14N4OS/c1-3-12-15-11(16-18-12)8-19-13-14-9-6-4-5-7-10(9)17(13)2/h4-7H,3,8H2,1-2H3. The molecule has 0 bridgehead atoms. The van der Waals surface area contributed by atoms with E-state index in [2.05, 4.69) is 25.8 Å². The van der Waals surface area contributed by atoms with Crippen LogP contribution in [0.2, 0.25) is 0 Å². The number of aromatic nitrogens is 4. The smallest absolute Gasteiger partial charge is 0.226 e. The van der Waals surface area contributed by atoms with E-state index in [0.717, 1.165) is 22.6 Å². The van der Waals surface area contributed by atoms with Crippen LogP contribution in [-0.2, 0) is 19.2 Å². The largest absolute Gasteiger partial charge is 0.339 e. The van der Waals surface area contributed by atoms with E-state index in [1.165, 1.54) is 0 Å². The Bertz CT molecular complexity index is 704. The number of para-hydroxylation sites is 2. The quantitative estimate of drug-likeness (QED) is 0.685. The van der Waals surface area contributed by atoms with Crippen LogP contribution in [0.3, 0.4) is 0 Å². The number of imidazole rings is 1. The molecule has 2 aromatic heterocycles. The summed E-state index contributed by atoms with van der Waals surface area (Å²) in [5, 5.41) is 4.90. The summed E-state index contributed by atoms with van der Waals surface area (Å²) in [6.45, 7) is 2.00. The predicted molar refractivity (Wildman–Crippen MR) is 74.0 cm³/mol. The Balaban J connectivity index is 1.79. The van der Waals surface area contributed by atoms with Crippen molar-refractivity contribution in [2.75, 3.05) is 0 Å². The molecule has 5 nitrogen and oxygen atoms in total. The molecule has 0 atom stereocenters. The zero-order valence-electron chi connectivity index (χ0n) is 10.8. The van der Waals surface area contributed by atoms with Crippen molar-refractivity contribution in [2.24, 2.45) is 7.05 Å². The van der Waals surface area contributed by atoms with Crippen molar-refractivity contribution in [3.05, 3.63) is 36.0 Å². The molecule has 1 aromatic carbocycles. The Morgan fingerprint density at radius 2 is 2.11 bits per heavy atom. The summed E-state index contributed by atoms with van der Waals surface area (Å²) in [6, 6.07) is 8.10. The Kier molecular flexibility index (Phi) is 3.25. The van der Waals surface area contributed by atoms with Crippen LogP contribution < -0.4 is 0 Å². The molecular weight excluding hydrogens is 260 g/mol. The predicted octanol–water partition coefficient (Wildman–Crippen LogP) is 2.81. The normalized spacial score (nSPS) is 11.3. The highest BCUT2D eigenvalue weighted by molar-refractivity contribution is 7.98. The molecule has 0 saturated heterocycles. The van der Waals surface area contributed by atoms with Crippen LogP contribution in [0.4, 0.5) is 0 Å². The molecule has 3 aromatic rings. The second kappa shape index (κ2) is 5.05. The van der Waals surface area contributed by atoms with E-state index in [1.54, 1.807) is 11.8 Å². The SMILES string of the molecule is CCc1nc(CSc2nc3ccccc3n2C)no1. The molecule has 0 fully saturated rings. The van der Waals surface area contributed by atoms with Gasteiger partial charge >= 0.3 is 0 Å². The molecular formula is C13H14N4OS. The maximum atomic E-state index is 5.09. The van der Waals surface area contributed by atoms with E-state index < -0.39 is 0 Å². The lowest BCUT2D eigenvalue weighted by molar-refractivity contribution is 0.378. The van der Waals surface area contributed by atoms with Gasteiger partial charge in [0, 0.05) is 13.5 Å². The first-order chi connectivity index (χ1) is 9.28. The van der Waals surface area contributed by atoms with Crippen molar-refractivity contribution >= 4 is 22.8 Å². The number of hydrogen-bond acceptors (Lipinski definition) is 5. The molecule has 6 heteroatoms. The summed E-state index contributed by atoms with van der Waals surface area (Å²) in [5.41, 5.74) is 2.14. The first-order valence-corrected chi connectivity index (χ1v) is 7.12. The van der Waals surface area contributed by atoms with Crippen molar-refractivity contribution in [2.45, 2.75) is 24.3 Å². The highest BCUT2D eigenvalue weighted by atomic mass is 32.2. The lowest BCUT2D eigenvalue weighted by Crippen LogP contribution is -1.92. The number of fused-ring (bicyclic) bond motifs is 1. The van der Waals surface area contributed by atoms with Gasteiger partial charge in [0.05, 0.1) is 16.8 Å². The van der Waals surface area contributed by atoms with E-state index in [9.17, 15) is 0 Å². The molecule has 0 amide bonds. The summed E-state index contributed by atoms with van der Waals surface area (Å²) in [4.78, 5) is 8.89. The molecule has 0 aliphatic heterocycles. The third kappa shape index (κ3) is 2.35. The second-order valence-corrected chi connectivity index (χ2v) is 5.13. The minimum absolute atomic E-state index is 0.667. The molecule has 3 rings (SSSR count). The second-order valence-electron chi connectivity index (χ2n) is 4.19. The third-order valence-corrected chi connectivity index (χ3v) is 3.91. The summed E-state index contributed by atoms with van der Waals surface area (Å²) in [7, 11) is 2.02. The molecule has 19 heavy (non-hydrogen) atoms. The van der Waals surface area contributed by atoms with Crippen LogP contribution in [0.15, 0.2) is 33.9 Å². The van der Waals surface area contributed by atoms with Gasteiger partial charge in [0.15, 0.2) is 11.0 Å². The average Bonchev–Trinajstić information content (AvgIpc) is 3.02. The maximum Gasteiger partial charge on any atom is 0.226 e. The van der Waals surface area contributed by atoms with Gasteiger partial charge in [-0.2, -0.15) is 4.98 Å². The van der Waals surface area contributed by atoms with E-state index in [0.29, 0.717) is 17.5 Å². The minimum atomic E-state index is 0.667. The van der Waals surface area contributed by atoms with Crippen molar-refractivity contribution in [1.29, 1.82) is 0 Å². The van der Waals surface area contributed by atoms with E-state index in [-0.39, 0.29) is 0 Å². The van der Waals surface area contributed by atoms with E-state index in [4.69, 9.17) is 4.52 Å². The van der Waals surface area contributed by atoms with Crippen LogP contribution in [0.1, 0.15) is 18.6 Å². The first kappa shape index (κ1) is 12.2. The van der Waals surface area contributed by atoms with Gasteiger partial charge in [-0.15, -0.1) is 0 Å². The van der Waals surface area contributed by atoms with Crippen LogP contribution in [0.25, 0.3) is 11.0 Å². The van der Waals surface area contributed by atoms with Crippen molar-refractivity contribution in [1.82, 2.24) is 19.7 Å². The molecule has 0 unspecified atom stereocenters. The van der Waals surface area contributed by atoms with Gasteiger partial charge < -0.3 is 9.09 Å². The fraction of sp³-hybridized carbons (Fsp3) is 0.308. The van der Waals surface area contributed by atoms with Crippen LogP contribution in [-0.4, -0.2) is 19.7 Å². The summed E-state index contributed by atoms with van der Waals surface area (Å²) in [5.74, 6) is 2.07. The number of hydrogen-bond donors (Lipinski definition) is 0. The van der Waals surface area contributed by atoms with Crippen molar-refractivity contribution in [3.63, 3.8) is 0 Å². The number of rotatable bonds is 4. The number of nitrogens with zero attached hydrogens (tertiary/aromatic N) is 4. The van der Waals surface area contributed by atoms with E-state index in [1.807, 2.05) is 32.2 Å². The summed E-state index contributed by atoms with van der Waals surface area (Å²) < 4.78 is 7.17. The van der Waals surface area contributed by atoms with Crippen molar-refractivity contribution < 1.29 is 4.52 Å². The molecule has 0 saturated carbocycles. The van der Waals surface area contributed by atoms with Gasteiger partial charge in [0.2, 0.25) is 5.89 Å². The maximum absolute atomic E-state index is 5.09. The molecule has 0 N–H and O–H groups in total. The van der Waals surface area contributed by atoms with Gasteiger partial charge in [0.1, 0.15) is 0 Å². The van der Waals surface area contributed by atoms with Crippen LogP contribution in [0.5, 0.6) is 0 Å². The summed E-state index contributed by atoms with van der Waals surface area (Å²) in [6.07, 6.45) is 0.768. The Morgan fingerprint density at radius 1 is 1.26 bits per heavy atom. The molecule has 0 aliphatic carbocycles. The Labute approximate surface area is 115 Å². The first-order valence-electron chi connectivity index (χ1n) is 6.13. The van der Waals surface area contributed by atoms with E-state index >= 15 is 0 Å². The molecule has 2 heterocycles. The zero-order chi connectivity index (χ0) is 13.2.